The van der Waals surface area contributed by atoms with Gasteiger partial charge in [-0.2, -0.15) is 0 Å². The number of hydrogen-bond donors (Lipinski definition) is 0. The van der Waals surface area contributed by atoms with Crippen molar-refractivity contribution in [1.29, 1.82) is 0 Å². The van der Waals surface area contributed by atoms with Crippen molar-refractivity contribution in [1.82, 2.24) is 0 Å². The van der Waals surface area contributed by atoms with E-state index in [0.29, 0.717) is 0 Å². The van der Waals surface area contributed by atoms with Gasteiger partial charge >= 0.3 is 0 Å². The van der Waals surface area contributed by atoms with Gasteiger partial charge in [0.15, 0.2) is 0 Å². The monoisotopic (exact) mass is 668 g/mol. The summed E-state index contributed by atoms with van der Waals surface area (Å²) in [6.07, 6.45) is 7.07. The zero-order chi connectivity index (χ0) is 33.7. The second-order valence-electron chi connectivity index (χ2n) is 16.4. The molecule has 2 heterocycles. The highest BCUT2D eigenvalue weighted by Gasteiger charge is 2.61. The minimum atomic E-state index is 0.156. The third-order valence-electron chi connectivity index (χ3n) is 14.1. The van der Waals surface area contributed by atoms with E-state index in [4.69, 9.17) is 9.15 Å². The fraction of sp³-hybridized carbons (Fsp3) is 0.200. The molecular weight excluding hydrogens is 633 g/mol. The number of furan rings is 1. The van der Waals surface area contributed by atoms with Crippen LogP contribution in [0.3, 0.4) is 0 Å². The average Bonchev–Trinajstić information content (AvgIpc) is 3.71. The van der Waals surface area contributed by atoms with Crippen LogP contribution in [0.15, 0.2) is 138 Å². The molecule has 4 fully saturated rings. The van der Waals surface area contributed by atoms with Gasteiger partial charge in [0.25, 0.3) is 0 Å². The van der Waals surface area contributed by atoms with Crippen LogP contribution in [0.4, 0.5) is 0 Å². The molecule has 1 aromatic heterocycles. The van der Waals surface area contributed by atoms with Gasteiger partial charge < -0.3 is 9.15 Å². The summed E-state index contributed by atoms with van der Waals surface area (Å²) in [6.45, 7) is 0. The molecule has 52 heavy (non-hydrogen) atoms. The first kappa shape index (κ1) is 28.0. The largest absolute Gasteiger partial charge is 0.456 e. The lowest BCUT2D eigenvalue weighted by atomic mass is 9.43. The molecule has 8 aromatic rings. The topological polar surface area (TPSA) is 22.4 Å². The lowest BCUT2D eigenvalue weighted by molar-refractivity contribution is -0.0399. The molecule has 5 aliphatic carbocycles. The molecule has 0 radical (unpaired) electrons. The maximum absolute atomic E-state index is 6.76. The molecule has 2 nitrogen and oxygen atoms in total. The number of hydrogen-bond acceptors (Lipinski definition) is 2. The van der Waals surface area contributed by atoms with Crippen molar-refractivity contribution < 1.29 is 9.15 Å². The van der Waals surface area contributed by atoms with Crippen molar-refractivity contribution in [3.05, 3.63) is 145 Å². The first-order chi connectivity index (χ1) is 25.7. The molecule has 0 unspecified atom stereocenters. The molecule has 4 bridgehead atoms. The van der Waals surface area contributed by atoms with Crippen LogP contribution in [0.25, 0.3) is 77.2 Å². The van der Waals surface area contributed by atoms with Gasteiger partial charge in [-0.3, -0.25) is 0 Å². The number of para-hydroxylation sites is 1. The van der Waals surface area contributed by atoms with Crippen LogP contribution < -0.4 is 4.74 Å². The summed E-state index contributed by atoms with van der Waals surface area (Å²) in [5.74, 6) is 5.21. The maximum atomic E-state index is 6.76. The Morgan fingerprint density at radius 3 is 2.02 bits per heavy atom. The standard InChI is InChI=1S/C50H36O2/c1-3-14-41-38(8-1)47-35(13-6-15-42(47)50(41)31-23-28-22-29(25-31)26-32(50)24-28)34-19-21-46-49-36(34)11-5-12-37(49)40-27-30(18-20-44(40)52-46)33-10-7-17-45-48(33)39-9-2-4-16-43(39)51-45/h1-21,27-29,31-32H,22-26H2. The van der Waals surface area contributed by atoms with Crippen LogP contribution in [0.2, 0.25) is 0 Å². The predicted molar refractivity (Wildman–Crippen MR) is 211 cm³/mol. The number of benzene rings is 7. The average molecular weight is 669 g/mol. The van der Waals surface area contributed by atoms with Gasteiger partial charge in [0.05, 0.1) is 0 Å². The normalized spacial score (nSPS) is 24.4. The maximum Gasteiger partial charge on any atom is 0.136 e. The molecule has 14 rings (SSSR count). The lowest BCUT2D eigenvalue weighted by Crippen LogP contribution is -2.55. The highest BCUT2D eigenvalue weighted by Crippen LogP contribution is 2.70. The van der Waals surface area contributed by atoms with Gasteiger partial charge in [-0.05, 0) is 142 Å². The minimum Gasteiger partial charge on any atom is -0.456 e. The molecule has 0 amide bonds. The summed E-state index contributed by atoms with van der Waals surface area (Å²) in [6, 6.07) is 49.5. The minimum absolute atomic E-state index is 0.156. The van der Waals surface area contributed by atoms with Crippen LogP contribution in [0.5, 0.6) is 11.5 Å². The van der Waals surface area contributed by atoms with Crippen LogP contribution >= 0.6 is 0 Å². The van der Waals surface area contributed by atoms with E-state index in [1.807, 2.05) is 6.07 Å². The highest BCUT2D eigenvalue weighted by atomic mass is 16.5. The summed E-state index contributed by atoms with van der Waals surface area (Å²) >= 11 is 0. The van der Waals surface area contributed by atoms with Crippen molar-refractivity contribution >= 4 is 32.7 Å². The smallest absolute Gasteiger partial charge is 0.136 e. The number of ether oxygens (including phenoxy) is 1. The zero-order valence-electron chi connectivity index (χ0n) is 28.9. The Hall–Kier alpha value is -5.60. The fourth-order valence-corrected chi connectivity index (χ4v) is 12.5. The molecule has 7 aromatic carbocycles. The summed E-state index contributed by atoms with van der Waals surface area (Å²) in [5.41, 5.74) is 15.5. The van der Waals surface area contributed by atoms with E-state index in [1.54, 1.807) is 11.1 Å². The van der Waals surface area contributed by atoms with Gasteiger partial charge in [0.2, 0.25) is 0 Å². The van der Waals surface area contributed by atoms with E-state index < -0.39 is 0 Å². The van der Waals surface area contributed by atoms with E-state index in [1.165, 1.54) is 76.3 Å². The Kier molecular flexibility index (Phi) is 5.30. The van der Waals surface area contributed by atoms with E-state index in [9.17, 15) is 0 Å². The Balaban J connectivity index is 1.01. The second-order valence-corrected chi connectivity index (χ2v) is 16.4. The Morgan fingerprint density at radius 2 is 1.12 bits per heavy atom. The molecule has 1 spiro atoms. The Morgan fingerprint density at radius 1 is 0.442 bits per heavy atom. The highest BCUT2D eigenvalue weighted by molar-refractivity contribution is 6.14. The third kappa shape index (κ3) is 3.42. The molecule has 1 aliphatic heterocycles. The SMILES string of the molecule is c1ccc2c(c1)-c1c(-c3ccc4c5c(cccc35)-c3cc(-c5cccc6oc7ccccc7c56)ccc3O4)cccc1C21C2CC3CC(C2)CC1C3. The molecule has 0 atom stereocenters. The fourth-order valence-electron chi connectivity index (χ4n) is 12.5. The van der Waals surface area contributed by atoms with Crippen molar-refractivity contribution in [2.45, 2.75) is 37.5 Å². The summed E-state index contributed by atoms with van der Waals surface area (Å²) in [4.78, 5) is 0. The van der Waals surface area contributed by atoms with E-state index >= 15 is 0 Å². The first-order valence-electron chi connectivity index (χ1n) is 19.3. The Bertz CT molecular complexity index is 2820. The number of fused-ring (bicyclic) bond motifs is 8. The molecule has 0 N–H and O–H groups in total. The van der Waals surface area contributed by atoms with E-state index in [-0.39, 0.29) is 5.41 Å². The van der Waals surface area contributed by atoms with Crippen LogP contribution in [0, 0.1) is 23.7 Å². The van der Waals surface area contributed by atoms with Crippen molar-refractivity contribution in [3.63, 3.8) is 0 Å². The van der Waals surface area contributed by atoms with Crippen LogP contribution in [-0.2, 0) is 5.41 Å². The van der Waals surface area contributed by atoms with Gasteiger partial charge in [0, 0.05) is 27.1 Å². The molecular formula is C50H36O2. The first-order valence-corrected chi connectivity index (χ1v) is 19.3. The molecule has 4 saturated carbocycles. The van der Waals surface area contributed by atoms with Gasteiger partial charge in [0.1, 0.15) is 22.7 Å². The predicted octanol–water partition coefficient (Wildman–Crippen LogP) is 13.6. The van der Waals surface area contributed by atoms with Gasteiger partial charge in [-0.25, -0.2) is 0 Å². The molecule has 248 valence electrons. The second kappa shape index (κ2) is 9.83. The van der Waals surface area contributed by atoms with Crippen molar-refractivity contribution in [3.8, 4) is 56.0 Å². The van der Waals surface area contributed by atoms with E-state index in [0.717, 1.165) is 68.2 Å². The molecule has 0 saturated heterocycles. The van der Waals surface area contributed by atoms with E-state index in [2.05, 4.69) is 127 Å². The molecule has 2 heteroatoms. The van der Waals surface area contributed by atoms with Crippen molar-refractivity contribution in [2.75, 3.05) is 0 Å². The Labute approximate surface area is 302 Å². The van der Waals surface area contributed by atoms with Crippen molar-refractivity contribution in [2.24, 2.45) is 23.7 Å². The van der Waals surface area contributed by atoms with Crippen LogP contribution in [0.1, 0.15) is 43.2 Å². The van der Waals surface area contributed by atoms with Crippen LogP contribution in [-0.4, -0.2) is 0 Å². The number of rotatable bonds is 2. The lowest BCUT2D eigenvalue weighted by Gasteiger charge is -2.61. The molecule has 6 aliphatic rings. The summed E-state index contributed by atoms with van der Waals surface area (Å²) in [5, 5.41) is 4.76. The third-order valence-corrected chi connectivity index (χ3v) is 14.1. The quantitative estimate of drug-likeness (QED) is 0.183. The summed E-state index contributed by atoms with van der Waals surface area (Å²) in [7, 11) is 0. The summed E-state index contributed by atoms with van der Waals surface area (Å²) < 4.78 is 13.0. The zero-order valence-corrected chi connectivity index (χ0v) is 28.9. The van der Waals surface area contributed by atoms with Gasteiger partial charge in [-0.15, -0.1) is 0 Å². The van der Waals surface area contributed by atoms with Gasteiger partial charge in [-0.1, -0.05) is 103 Å².